The number of nitrogens with zero attached hydrogens (tertiary/aromatic N) is 12. The van der Waals surface area contributed by atoms with E-state index in [-0.39, 0.29) is 30.9 Å². The average Bonchev–Trinajstić information content (AvgIpc) is 3.99. The van der Waals surface area contributed by atoms with Crippen LogP contribution in [-0.2, 0) is 27.5 Å². The first-order valence-electron chi connectivity index (χ1n) is 20.2. The molecule has 5 aromatic heterocycles. The van der Waals surface area contributed by atoms with Crippen molar-refractivity contribution < 1.29 is 23.0 Å². The molecular formula is C41H47F2N13O3Si. The van der Waals surface area contributed by atoms with Crippen LogP contribution in [0.1, 0.15) is 19.2 Å². The second-order valence-electron chi connectivity index (χ2n) is 16.7. The third-order valence-electron chi connectivity index (χ3n) is 11.3. The van der Waals surface area contributed by atoms with Gasteiger partial charge in [0, 0.05) is 76.7 Å². The number of likely N-dealkylation sites (N-methyl/N-ethyl adjacent to an activating group) is 1. The second-order valence-corrected chi connectivity index (χ2v) is 22.4. The lowest BCUT2D eigenvalue weighted by atomic mass is 10.1. The first-order valence-corrected chi connectivity index (χ1v) is 23.9. The van der Waals surface area contributed by atoms with Gasteiger partial charge in [-0.1, -0.05) is 19.6 Å². The molecule has 0 aliphatic carbocycles. The van der Waals surface area contributed by atoms with Gasteiger partial charge in [0.25, 0.3) is 0 Å². The molecule has 312 valence electrons. The lowest BCUT2D eigenvalue weighted by Crippen LogP contribution is -2.47. The van der Waals surface area contributed by atoms with Gasteiger partial charge < -0.3 is 29.2 Å². The van der Waals surface area contributed by atoms with E-state index < -0.39 is 31.9 Å². The van der Waals surface area contributed by atoms with Crippen LogP contribution in [0.3, 0.4) is 0 Å². The van der Waals surface area contributed by atoms with Crippen LogP contribution < -0.4 is 10.2 Å². The largest absolute Gasteiger partial charge is 0.375 e. The number of imidazole rings is 1. The summed E-state index contributed by atoms with van der Waals surface area (Å²) in [6.45, 7) is 12.9. The monoisotopic (exact) mass is 835 g/mol. The number of nitrogens with one attached hydrogen (secondary N) is 1. The highest BCUT2D eigenvalue weighted by Gasteiger charge is 2.41. The smallest absolute Gasteiger partial charge is 0.245 e. The van der Waals surface area contributed by atoms with Gasteiger partial charge in [-0.15, -0.1) is 0 Å². The molecule has 7 heterocycles. The molecule has 1 N–H and O–H groups in total. The van der Waals surface area contributed by atoms with Crippen molar-refractivity contribution >= 4 is 58.7 Å². The van der Waals surface area contributed by atoms with Crippen molar-refractivity contribution in [1.29, 1.82) is 0 Å². The van der Waals surface area contributed by atoms with Gasteiger partial charge >= 0.3 is 0 Å². The molecule has 2 aliphatic rings. The number of ether oxygens (including phenoxy) is 2. The maximum Gasteiger partial charge on any atom is 0.245 e. The number of rotatable bonds is 9. The Bertz CT molecular complexity index is 2750. The molecule has 2 aliphatic heterocycles. The molecule has 3 atom stereocenters. The molecule has 0 saturated carbocycles. The second kappa shape index (κ2) is 15.6. The number of fused-ring (bicyclic) bond motifs is 7. The average molecular weight is 836 g/mol. The van der Waals surface area contributed by atoms with Crippen LogP contribution >= 0.6 is 0 Å². The predicted octanol–water partition coefficient (Wildman–Crippen LogP) is 5.81. The van der Waals surface area contributed by atoms with Crippen molar-refractivity contribution in [3.63, 3.8) is 0 Å². The van der Waals surface area contributed by atoms with Gasteiger partial charge in [-0.2, -0.15) is 10.2 Å². The van der Waals surface area contributed by atoms with Crippen molar-refractivity contribution in [3.8, 4) is 16.9 Å². The van der Waals surface area contributed by atoms with Gasteiger partial charge in [0.15, 0.2) is 11.5 Å². The summed E-state index contributed by atoms with van der Waals surface area (Å²) in [6.07, 6.45) is 6.29. The van der Waals surface area contributed by atoms with Crippen LogP contribution in [0.4, 0.5) is 20.5 Å². The number of carbonyl (C=O) groups excluding carboxylic acids is 1. The van der Waals surface area contributed by atoms with Crippen LogP contribution in [0.25, 0.3) is 49.9 Å². The van der Waals surface area contributed by atoms with Crippen LogP contribution in [0.15, 0.2) is 55.2 Å². The van der Waals surface area contributed by atoms with Gasteiger partial charge in [-0.3, -0.25) is 4.79 Å². The number of hydrogen-bond donors (Lipinski definition) is 1. The summed E-state index contributed by atoms with van der Waals surface area (Å²) < 4.78 is 48.4. The number of amides is 1. The normalized spacial score (nSPS) is 18.7. The van der Waals surface area contributed by atoms with Gasteiger partial charge in [-0.05, 0) is 44.5 Å². The van der Waals surface area contributed by atoms with Crippen LogP contribution in [0.5, 0.6) is 0 Å². The third-order valence-corrected chi connectivity index (χ3v) is 13.0. The fourth-order valence-corrected chi connectivity index (χ4v) is 9.07. The molecular weight excluding hydrogens is 789 g/mol. The molecule has 0 unspecified atom stereocenters. The Hall–Kier alpha value is -5.92. The molecule has 60 heavy (non-hydrogen) atoms. The number of aryl methyl sites for hydroxylation is 1. The lowest BCUT2D eigenvalue weighted by Gasteiger charge is -2.31. The Balaban J connectivity index is 1.06. The van der Waals surface area contributed by atoms with Crippen molar-refractivity contribution in [2.75, 3.05) is 43.6 Å². The first-order chi connectivity index (χ1) is 28.8. The maximum atomic E-state index is 16.0. The SMILES string of the molecule is CCO[C@H]1CN(C)C(=O)[C@@H]2C[C@@H](CN2c2ncnc3c2cnn3-c2cc3cnn(COCC[Si](C)(C)C)c3cc2F)Nc2nccc(n2)-c2cc(F)cc3nc(C)n(c23)C1. The molecule has 1 saturated heterocycles. The Morgan fingerprint density at radius 3 is 2.67 bits per heavy atom. The highest BCUT2D eigenvalue weighted by Crippen LogP contribution is 2.35. The Labute approximate surface area is 345 Å². The summed E-state index contributed by atoms with van der Waals surface area (Å²) in [5.41, 5.74) is 3.50. The van der Waals surface area contributed by atoms with E-state index in [0.29, 0.717) is 83.6 Å². The predicted molar refractivity (Wildman–Crippen MR) is 226 cm³/mol. The standard InChI is InChI=1S/C41H47F2N13O3Si/c1-7-59-28-20-52(3)40(57)36-15-27(50-41-44-9-8-32(51-41)29-13-26(42)14-33-37(29)53(21-28)24(2)49-33)19-54(36)38-30-18-48-56(39(30)46-22-45-38)35-12-25-17-47-55(34(25)16-31(35)43)23-58-10-11-60(4,5)6/h8-9,12-14,16-18,22,27-28,36H,7,10-11,15,19-21,23H2,1-6H3,(H,44,50,51)/t27-,28-,36-/m0/s1. The van der Waals surface area contributed by atoms with E-state index >= 15 is 8.78 Å². The molecule has 0 spiro atoms. The number of hydrogen-bond acceptors (Lipinski definition) is 12. The van der Waals surface area contributed by atoms with E-state index in [1.54, 1.807) is 47.4 Å². The molecule has 0 radical (unpaired) electrons. The van der Waals surface area contributed by atoms with Crippen LogP contribution in [0, 0.1) is 18.6 Å². The zero-order chi connectivity index (χ0) is 41.9. The lowest BCUT2D eigenvalue weighted by molar-refractivity contribution is -0.133. The van der Waals surface area contributed by atoms with E-state index in [9.17, 15) is 4.79 Å². The number of halogens is 2. The first kappa shape index (κ1) is 39.5. The minimum Gasteiger partial charge on any atom is -0.375 e. The van der Waals surface area contributed by atoms with E-state index in [4.69, 9.17) is 24.4 Å². The van der Waals surface area contributed by atoms with Gasteiger partial charge in [-0.25, -0.2) is 43.1 Å². The molecule has 9 rings (SSSR count). The minimum atomic E-state index is -1.26. The van der Waals surface area contributed by atoms with Crippen molar-refractivity contribution in [1.82, 2.24) is 53.9 Å². The highest BCUT2D eigenvalue weighted by atomic mass is 28.3. The van der Waals surface area contributed by atoms with E-state index in [1.807, 2.05) is 23.3 Å². The Kier molecular flexibility index (Phi) is 10.3. The molecule has 4 bridgehead atoms. The summed E-state index contributed by atoms with van der Waals surface area (Å²) in [5, 5.41) is 13.8. The minimum absolute atomic E-state index is 0.138. The van der Waals surface area contributed by atoms with Crippen LogP contribution in [-0.4, -0.2) is 119 Å². The third kappa shape index (κ3) is 7.45. The Morgan fingerprint density at radius 2 is 1.85 bits per heavy atom. The molecule has 1 fully saturated rings. The number of benzene rings is 2. The summed E-state index contributed by atoms with van der Waals surface area (Å²) in [5.74, 6) is 0.410. The van der Waals surface area contributed by atoms with E-state index in [1.165, 1.54) is 29.2 Å². The molecule has 2 aromatic carbocycles. The molecule has 19 heteroatoms. The Morgan fingerprint density at radius 1 is 1.00 bits per heavy atom. The van der Waals surface area contributed by atoms with E-state index in [2.05, 4.69) is 45.1 Å². The number of carbonyl (C=O) groups is 1. The summed E-state index contributed by atoms with van der Waals surface area (Å²) in [4.78, 5) is 41.6. The summed E-state index contributed by atoms with van der Waals surface area (Å²) in [6, 6.07) is 7.82. The number of aromatic nitrogens is 10. The fraction of sp³-hybridized carbons (Fsp3) is 0.415. The quantitative estimate of drug-likeness (QED) is 0.138. The van der Waals surface area contributed by atoms with Gasteiger partial charge in [0.2, 0.25) is 11.9 Å². The van der Waals surface area contributed by atoms with Crippen LogP contribution in [0.2, 0.25) is 25.7 Å². The molecule has 16 nitrogen and oxygen atoms in total. The molecule has 1 amide bonds. The fourth-order valence-electron chi connectivity index (χ4n) is 8.31. The zero-order valence-corrected chi connectivity index (χ0v) is 35.4. The number of anilines is 2. The summed E-state index contributed by atoms with van der Waals surface area (Å²) in [7, 11) is 0.509. The highest BCUT2D eigenvalue weighted by molar-refractivity contribution is 6.76. The zero-order valence-electron chi connectivity index (χ0n) is 34.4. The van der Waals surface area contributed by atoms with Gasteiger partial charge in [0.05, 0.1) is 52.7 Å². The van der Waals surface area contributed by atoms with Crippen molar-refractivity contribution in [3.05, 3.63) is 72.7 Å². The van der Waals surface area contributed by atoms with Crippen molar-refractivity contribution in [2.24, 2.45) is 0 Å². The molecule has 7 aromatic rings. The van der Waals surface area contributed by atoms with E-state index in [0.717, 1.165) is 16.9 Å². The van der Waals surface area contributed by atoms with Crippen molar-refractivity contribution in [2.45, 2.75) is 77.4 Å². The van der Waals surface area contributed by atoms with Gasteiger partial charge in [0.1, 0.15) is 42.2 Å². The topological polar surface area (TPSA) is 159 Å². The maximum absolute atomic E-state index is 16.0. The summed E-state index contributed by atoms with van der Waals surface area (Å²) >= 11 is 0.